The van der Waals surface area contributed by atoms with Crippen LogP contribution in [0.4, 0.5) is 5.69 Å². The number of nitrogens with two attached hydrogens (primary N) is 2. The van der Waals surface area contributed by atoms with Crippen LogP contribution in [0.15, 0.2) is 24.3 Å². The molecule has 0 aromatic heterocycles. The predicted octanol–water partition coefficient (Wildman–Crippen LogP) is 0.851. The molecule has 0 aliphatic carbocycles. The summed E-state index contributed by atoms with van der Waals surface area (Å²) in [6, 6.07) is 6.44. The highest BCUT2D eigenvalue weighted by atomic mass is 16.2. The summed E-state index contributed by atoms with van der Waals surface area (Å²) in [6.07, 6.45) is 0.953. The maximum absolute atomic E-state index is 11.6. The van der Waals surface area contributed by atoms with E-state index in [1.807, 2.05) is 6.92 Å². The molecule has 0 aliphatic heterocycles. The standard InChI is InChI=1S/C12H17N3O2/c1-2-8(13)7-11(16)15-10-6-4-3-5-9(10)12(14)17/h3-6,8H,2,7,13H2,1H3,(H2,14,17)(H,15,16). The molecule has 1 aromatic carbocycles. The zero-order chi connectivity index (χ0) is 12.8. The summed E-state index contributed by atoms with van der Waals surface area (Å²) in [7, 11) is 0. The molecule has 0 aliphatic rings. The number of carbonyl (C=O) groups excluding carboxylic acids is 2. The lowest BCUT2D eigenvalue weighted by Gasteiger charge is -2.11. The van der Waals surface area contributed by atoms with Crippen molar-refractivity contribution in [3.63, 3.8) is 0 Å². The third-order valence-corrected chi connectivity index (χ3v) is 2.44. The molecule has 5 nitrogen and oxygen atoms in total. The van der Waals surface area contributed by atoms with Gasteiger partial charge in [-0.3, -0.25) is 9.59 Å². The predicted molar refractivity (Wildman–Crippen MR) is 66.5 cm³/mol. The molecule has 0 saturated heterocycles. The van der Waals surface area contributed by atoms with Crippen LogP contribution < -0.4 is 16.8 Å². The fraction of sp³-hybridized carbons (Fsp3) is 0.333. The number of rotatable bonds is 5. The van der Waals surface area contributed by atoms with E-state index in [1.54, 1.807) is 24.3 Å². The zero-order valence-electron chi connectivity index (χ0n) is 9.77. The van der Waals surface area contributed by atoms with E-state index in [0.717, 1.165) is 6.42 Å². The number of hydrogen-bond donors (Lipinski definition) is 3. The first kappa shape index (κ1) is 13.2. The summed E-state index contributed by atoms with van der Waals surface area (Å²) in [5, 5.41) is 2.64. The number of carbonyl (C=O) groups is 2. The minimum atomic E-state index is -0.569. The molecule has 1 rings (SSSR count). The SMILES string of the molecule is CCC(N)CC(=O)Nc1ccccc1C(N)=O. The van der Waals surface area contributed by atoms with E-state index >= 15 is 0 Å². The molecule has 0 spiro atoms. The smallest absolute Gasteiger partial charge is 0.250 e. The fourth-order valence-electron chi connectivity index (χ4n) is 1.39. The molecule has 2 amide bonds. The van der Waals surface area contributed by atoms with E-state index < -0.39 is 5.91 Å². The molecule has 0 radical (unpaired) electrons. The van der Waals surface area contributed by atoms with Crippen molar-refractivity contribution in [1.82, 2.24) is 0 Å². The van der Waals surface area contributed by atoms with Gasteiger partial charge in [-0.2, -0.15) is 0 Å². The Morgan fingerprint density at radius 1 is 1.35 bits per heavy atom. The number of amides is 2. The molecule has 1 aromatic rings. The monoisotopic (exact) mass is 235 g/mol. The molecule has 1 unspecified atom stereocenters. The number of benzene rings is 1. The number of anilines is 1. The van der Waals surface area contributed by atoms with Gasteiger partial charge in [0.15, 0.2) is 0 Å². The fourth-order valence-corrected chi connectivity index (χ4v) is 1.39. The Hall–Kier alpha value is -1.88. The van der Waals surface area contributed by atoms with Crippen molar-refractivity contribution in [2.75, 3.05) is 5.32 Å². The van der Waals surface area contributed by atoms with Crippen LogP contribution in [0.1, 0.15) is 30.1 Å². The Morgan fingerprint density at radius 2 is 2.00 bits per heavy atom. The number of primary amides is 1. The van der Waals surface area contributed by atoms with E-state index in [9.17, 15) is 9.59 Å². The Bertz CT molecular complexity index is 418. The van der Waals surface area contributed by atoms with Crippen molar-refractivity contribution in [1.29, 1.82) is 0 Å². The highest BCUT2D eigenvalue weighted by molar-refractivity contribution is 6.03. The summed E-state index contributed by atoms with van der Waals surface area (Å²) in [4.78, 5) is 22.7. The van der Waals surface area contributed by atoms with Gasteiger partial charge in [-0.1, -0.05) is 19.1 Å². The number of nitrogens with one attached hydrogen (secondary N) is 1. The van der Waals surface area contributed by atoms with Crippen LogP contribution >= 0.6 is 0 Å². The minimum Gasteiger partial charge on any atom is -0.366 e. The van der Waals surface area contributed by atoms with Crippen LogP contribution in [-0.2, 0) is 4.79 Å². The minimum absolute atomic E-state index is 0.171. The van der Waals surface area contributed by atoms with Gasteiger partial charge in [0.05, 0.1) is 11.3 Å². The van der Waals surface area contributed by atoms with Crippen molar-refractivity contribution in [3.05, 3.63) is 29.8 Å². The van der Waals surface area contributed by atoms with Crippen molar-refractivity contribution in [3.8, 4) is 0 Å². The summed E-state index contributed by atoms with van der Waals surface area (Å²) in [5.41, 5.74) is 11.6. The highest BCUT2D eigenvalue weighted by Crippen LogP contribution is 2.14. The third kappa shape index (κ3) is 3.88. The summed E-state index contributed by atoms with van der Waals surface area (Å²) < 4.78 is 0. The Kier molecular flexibility index (Phi) is 4.66. The van der Waals surface area contributed by atoms with Crippen LogP contribution in [-0.4, -0.2) is 17.9 Å². The molecule has 0 heterocycles. The first-order valence-corrected chi connectivity index (χ1v) is 5.48. The first-order valence-electron chi connectivity index (χ1n) is 5.48. The molecule has 0 fully saturated rings. The second-order valence-electron chi connectivity index (χ2n) is 3.83. The van der Waals surface area contributed by atoms with Gasteiger partial charge < -0.3 is 16.8 Å². The average Bonchev–Trinajstić information content (AvgIpc) is 2.29. The largest absolute Gasteiger partial charge is 0.366 e. The second-order valence-corrected chi connectivity index (χ2v) is 3.83. The summed E-state index contributed by atoms with van der Waals surface area (Å²) in [5.74, 6) is -0.784. The number of hydrogen-bond acceptors (Lipinski definition) is 3. The number of para-hydroxylation sites is 1. The van der Waals surface area contributed by atoms with E-state index in [0.29, 0.717) is 11.3 Å². The molecular formula is C12H17N3O2. The van der Waals surface area contributed by atoms with Crippen LogP contribution in [0.2, 0.25) is 0 Å². The van der Waals surface area contributed by atoms with Crippen LogP contribution in [0.5, 0.6) is 0 Å². The van der Waals surface area contributed by atoms with E-state index in [2.05, 4.69) is 5.32 Å². The van der Waals surface area contributed by atoms with Gasteiger partial charge in [-0.25, -0.2) is 0 Å². The molecule has 0 saturated carbocycles. The normalized spacial score (nSPS) is 11.9. The average molecular weight is 235 g/mol. The van der Waals surface area contributed by atoms with E-state index in [-0.39, 0.29) is 18.4 Å². The van der Waals surface area contributed by atoms with Gasteiger partial charge in [0, 0.05) is 12.5 Å². The van der Waals surface area contributed by atoms with Gasteiger partial charge in [0.2, 0.25) is 5.91 Å². The Balaban J connectivity index is 2.74. The third-order valence-electron chi connectivity index (χ3n) is 2.44. The topological polar surface area (TPSA) is 98.2 Å². The van der Waals surface area contributed by atoms with Crippen LogP contribution in [0.25, 0.3) is 0 Å². The molecule has 0 bridgehead atoms. The van der Waals surface area contributed by atoms with Crippen molar-refractivity contribution >= 4 is 17.5 Å². The van der Waals surface area contributed by atoms with Gasteiger partial charge >= 0.3 is 0 Å². The Labute approximate surface area is 100 Å². The van der Waals surface area contributed by atoms with Crippen LogP contribution in [0.3, 0.4) is 0 Å². The van der Waals surface area contributed by atoms with Gasteiger partial charge in [-0.05, 0) is 18.6 Å². The lowest BCUT2D eigenvalue weighted by atomic mass is 10.1. The zero-order valence-corrected chi connectivity index (χ0v) is 9.77. The molecule has 1 atom stereocenters. The first-order chi connectivity index (χ1) is 8.04. The van der Waals surface area contributed by atoms with Gasteiger partial charge in [0.25, 0.3) is 5.91 Å². The van der Waals surface area contributed by atoms with Crippen molar-refractivity contribution in [2.45, 2.75) is 25.8 Å². The molecular weight excluding hydrogens is 218 g/mol. The second kappa shape index (κ2) is 6.00. The molecule has 5 N–H and O–H groups in total. The quantitative estimate of drug-likeness (QED) is 0.705. The van der Waals surface area contributed by atoms with Gasteiger partial charge in [-0.15, -0.1) is 0 Å². The van der Waals surface area contributed by atoms with Gasteiger partial charge in [0.1, 0.15) is 0 Å². The summed E-state index contributed by atoms with van der Waals surface area (Å²) >= 11 is 0. The van der Waals surface area contributed by atoms with E-state index in [4.69, 9.17) is 11.5 Å². The maximum Gasteiger partial charge on any atom is 0.250 e. The van der Waals surface area contributed by atoms with Crippen LogP contribution in [0, 0.1) is 0 Å². The molecule has 17 heavy (non-hydrogen) atoms. The summed E-state index contributed by atoms with van der Waals surface area (Å²) in [6.45, 7) is 1.91. The lowest BCUT2D eigenvalue weighted by Crippen LogP contribution is -2.27. The Morgan fingerprint density at radius 3 is 2.59 bits per heavy atom. The van der Waals surface area contributed by atoms with Crippen molar-refractivity contribution < 1.29 is 9.59 Å². The van der Waals surface area contributed by atoms with E-state index in [1.165, 1.54) is 0 Å². The van der Waals surface area contributed by atoms with Crippen molar-refractivity contribution in [2.24, 2.45) is 11.5 Å². The maximum atomic E-state index is 11.6. The lowest BCUT2D eigenvalue weighted by molar-refractivity contribution is -0.116. The molecule has 5 heteroatoms. The highest BCUT2D eigenvalue weighted by Gasteiger charge is 2.12. The molecule has 92 valence electrons.